The summed E-state index contributed by atoms with van der Waals surface area (Å²) in [6.07, 6.45) is -1.12. The Hall–Kier alpha value is -2.14. The molecule has 2 aromatic carbocycles. The van der Waals surface area contributed by atoms with Gasteiger partial charge in [-0.1, -0.05) is 35.3 Å². The van der Waals surface area contributed by atoms with Crippen molar-refractivity contribution in [3.63, 3.8) is 0 Å². The first kappa shape index (κ1) is 18.6. The van der Waals surface area contributed by atoms with Gasteiger partial charge >= 0.3 is 5.97 Å². The second-order valence-corrected chi connectivity index (χ2v) is 6.70. The van der Waals surface area contributed by atoms with Crippen molar-refractivity contribution in [1.29, 1.82) is 0 Å². The minimum absolute atomic E-state index is 0.268. The highest BCUT2D eigenvalue weighted by molar-refractivity contribution is 6.31. The number of ether oxygens (including phenoxy) is 1. The van der Waals surface area contributed by atoms with Gasteiger partial charge in [0.1, 0.15) is 0 Å². The highest BCUT2D eigenvalue weighted by atomic mass is 35.5. The zero-order valence-corrected chi connectivity index (χ0v) is 15.8. The minimum atomic E-state index is -1.12. The van der Waals surface area contributed by atoms with E-state index in [1.807, 2.05) is 18.2 Å². The van der Waals surface area contributed by atoms with E-state index in [4.69, 9.17) is 27.9 Å². The molecular weight excluding hydrogens is 373 g/mol. The summed E-state index contributed by atoms with van der Waals surface area (Å²) in [7, 11) is 0. The molecule has 0 fully saturated rings. The van der Waals surface area contributed by atoms with Crippen LogP contribution in [0.1, 0.15) is 24.3 Å². The third kappa shape index (κ3) is 3.54. The Bertz CT molecular complexity index is 971. The van der Waals surface area contributed by atoms with Gasteiger partial charge in [0.25, 0.3) is 0 Å². The lowest BCUT2D eigenvalue weighted by Crippen LogP contribution is -2.18. The van der Waals surface area contributed by atoms with E-state index in [1.54, 1.807) is 38.1 Å². The molecule has 1 aromatic heterocycles. The van der Waals surface area contributed by atoms with Crippen LogP contribution in [0.4, 0.5) is 0 Å². The largest absolute Gasteiger partial charge is 0.479 e. The molecule has 1 atom stereocenters. The van der Waals surface area contributed by atoms with E-state index in [1.165, 1.54) is 0 Å². The number of rotatable bonds is 5. The summed E-state index contributed by atoms with van der Waals surface area (Å²) >= 11 is 12.2. The Morgan fingerprint density at radius 3 is 2.42 bits per heavy atom. The maximum atomic E-state index is 11.9. The zero-order valence-electron chi connectivity index (χ0n) is 14.3. The summed E-state index contributed by atoms with van der Waals surface area (Å²) in [5.74, 6) is -1.06. The molecule has 0 saturated heterocycles. The number of benzene rings is 2. The van der Waals surface area contributed by atoms with Crippen molar-refractivity contribution in [2.45, 2.75) is 20.0 Å². The number of fused-ring (bicyclic) bond motifs is 1. The number of aryl methyl sites for hydroxylation is 1. The number of pyridine rings is 1. The van der Waals surface area contributed by atoms with E-state index in [9.17, 15) is 9.90 Å². The summed E-state index contributed by atoms with van der Waals surface area (Å²) in [6, 6.07) is 12.6. The highest BCUT2D eigenvalue weighted by Gasteiger charge is 2.28. The van der Waals surface area contributed by atoms with Gasteiger partial charge in [-0.3, -0.25) is 4.98 Å². The van der Waals surface area contributed by atoms with Gasteiger partial charge in [-0.2, -0.15) is 0 Å². The fourth-order valence-corrected chi connectivity index (χ4v) is 3.36. The van der Waals surface area contributed by atoms with Crippen LogP contribution in [0.3, 0.4) is 0 Å². The molecule has 3 rings (SSSR count). The average molecular weight is 390 g/mol. The van der Waals surface area contributed by atoms with Crippen molar-refractivity contribution in [2.75, 3.05) is 6.61 Å². The molecule has 0 bridgehead atoms. The summed E-state index contributed by atoms with van der Waals surface area (Å²) in [5.41, 5.74) is 3.43. The van der Waals surface area contributed by atoms with Crippen molar-refractivity contribution in [3.05, 3.63) is 63.8 Å². The van der Waals surface area contributed by atoms with E-state index in [2.05, 4.69) is 4.98 Å². The number of carboxylic acid groups (broad SMARTS) is 1. The van der Waals surface area contributed by atoms with E-state index in [-0.39, 0.29) is 6.61 Å². The Labute approximate surface area is 161 Å². The van der Waals surface area contributed by atoms with Crippen LogP contribution in [0.25, 0.3) is 22.0 Å². The first-order valence-electron chi connectivity index (χ1n) is 8.12. The first-order chi connectivity index (χ1) is 12.4. The van der Waals surface area contributed by atoms with Crippen LogP contribution in [0.2, 0.25) is 10.0 Å². The molecule has 6 heteroatoms. The number of hydrogen-bond donors (Lipinski definition) is 1. The van der Waals surface area contributed by atoms with Gasteiger partial charge in [0.2, 0.25) is 0 Å². The van der Waals surface area contributed by atoms with Crippen molar-refractivity contribution < 1.29 is 14.6 Å². The third-order valence-corrected chi connectivity index (χ3v) is 4.62. The lowest BCUT2D eigenvalue weighted by molar-refractivity contribution is -0.150. The molecule has 1 heterocycles. The second-order valence-electron chi connectivity index (χ2n) is 5.83. The first-order valence-corrected chi connectivity index (χ1v) is 8.88. The van der Waals surface area contributed by atoms with Crippen LogP contribution in [0, 0.1) is 6.92 Å². The molecule has 0 radical (unpaired) electrons. The van der Waals surface area contributed by atoms with Gasteiger partial charge in [-0.15, -0.1) is 0 Å². The smallest absolute Gasteiger partial charge is 0.337 e. The van der Waals surface area contributed by atoms with E-state index in [0.717, 1.165) is 22.0 Å². The Morgan fingerprint density at radius 2 is 1.81 bits per heavy atom. The molecule has 134 valence electrons. The average Bonchev–Trinajstić information content (AvgIpc) is 2.60. The summed E-state index contributed by atoms with van der Waals surface area (Å²) < 4.78 is 5.54. The monoisotopic (exact) mass is 389 g/mol. The molecular formula is C20H17Cl2NO3. The second kappa shape index (κ2) is 7.62. The van der Waals surface area contributed by atoms with E-state index < -0.39 is 12.1 Å². The summed E-state index contributed by atoms with van der Waals surface area (Å²) in [5, 5.41) is 11.6. The number of halogens is 2. The number of carbonyl (C=O) groups is 1. The number of carboxylic acids is 1. The summed E-state index contributed by atoms with van der Waals surface area (Å²) in [4.78, 5) is 16.5. The van der Waals surface area contributed by atoms with Crippen molar-refractivity contribution in [3.8, 4) is 11.1 Å². The van der Waals surface area contributed by atoms with Crippen LogP contribution in [0.5, 0.6) is 0 Å². The molecule has 0 spiro atoms. The Morgan fingerprint density at radius 1 is 1.15 bits per heavy atom. The molecule has 26 heavy (non-hydrogen) atoms. The van der Waals surface area contributed by atoms with Gasteiger partial charge in [0.15, 0.2) is 6.10 Å². The fourth-order valence-electron chi connectivity index (χ4n) is 3.07. The third-order valence-electron chi connectivity index (χ3n) is 4.13. The van der Waals surface area contributed by atoms with E-state index >= 15 is 0 Å². The Balaban J connectivity index is 2.42. The predicted molar refractivity (Wildman–Crippen MR) is 104 cm³/mol. The number of nitrogens with zero attached hydrogens (tertiary/aromatic N) is 1. The highest BCUT2D eigenvalue weighted by Crippen LogP contribution is 2.39. The maximum absolute atomic E-state index is 11.9. The van der Waals surface area contributed by atoms with Crippen LogP contribution in [-0.2, 0) is 9.53 Å². The molecule has 1 unspecified atom stereocenters. The summed E-state index contributed by atoms with van der Waals surface area (Å²) in [6.45, 7) is 3.82. The number of aromatic nitrogens is 1. The fraction of sp³-hybridized carbons (Fsp3) is 0.200. The number of hydrogen-bond acceptors (Lipinski definition) is 3. The molecule has 3 aromatic rings. The molecule has 0 aliphatic heterocycles. The van der Waals surface area contributed by atoms with Gasteiger partial charge < -0.3 is 9.84 Å². The van der Waals surface area contributed by atoms with Crippen molar-refractivity contribution in [1.82, 2.24) is 4.98 Å². The van der Waals surface area contributed by atoms with Crippen LogP contribution < -0.4 is 0 Å². The molecule has 0 aliphatic rings. The lowest BCUT2D eigenvalue weighted by Gasteiger charge is -2.21. The Kier molecular flexibility index (Phi) is 5.47. The van der Waals surface area contributed by atoms with Crippen molar-refractivity contribution >= 4 is 40.1 Å². The maximum Gasteiger partial charge on any atom is 0.337 e. The molecule has 4 nitrogen and oxygen atoms in total. The van der Waals surface area contributed by atoms with Gasteiger partial charge in [0.05, 0.1) is 5.52 Å². The topological polar surface area (TPSA) is 59.4 Å². The predicted octanol–water partition coefficient (Wildman–Crippen LogP) is 5.68. The van der Waals surface area contributed by atoms with Gasteiger partial charge in [0, 0.05) is 33.3 Å². The standard InChI is InChI=1S/C20H17Cl2NO3/c1-3-26-19(20(24)25)17-11(2)23-16-9-8-14(22)10-15(16)18(17)12-4-6-13(21)7-5-12/h4-10,19H,3H2,1-2H3,(H,24,25). The van der Waals surface area contributed by atoms with Crippen LogP contribution >= 0.6 is 23.2 Å². The molecule has 1 N–H and O–H groups in total. The SMILES string of the molecule is CCOC(C(=O)O)c1c(C)nc2ccc(Cl)cc2c1-c1ccc(Cl)cc1. The molecule has 0 aliphatic carbocycles. The molecule has 0 saturated carbocycles. The van der Waals surface area contributed by atoms with E-state index in [0.29, 0.717) is 21.3 Å². The lowest BCUT2D eigenvalue weighted by atomic mass is 9.91. The van der Waals surface area contributed by atoms with Gasteiger partial charge in [-0.25, -0.2) is 4.79 Å². The quantitative estimate of drug-likeness (QED) is 0.609. The van der Waals surface area contributed by atoms with Gasteiger partial charge in [-0.05, 0) is 55.3 Å². The molecule has 0 amide bonds. The number of aliphatic carboxylic acids is 1. The van der Waals surface area contributed by atoms with Crippen LogP contribution in [0.15, 0.2) is 42.5 Å². The normalized spacial score (nSPS) is 12.3. The zero-order chi connectivity index (χ0) is 18.8. The van der Waals surface area contributed by atoms with Crippen molar-refractivity contribution in [2.24, 2.45) is 0 Å². The van der Waals surface area contributed by atoms with Crippen LogP contribution in [-0.4, -0.2) is 22.7 Å². The minimum Gasteiger partial charge on any atom is -0.479 e.